The number of carbonyl (C=O) groups excluding carboxylic acids is 2. The van der Waals surface area contributed by atoms with Gasteiger partial charge < -0.3 is 15.4 Å². The van der Waals surface area contributed by atoms with Crippen molar-refractivity contribution in [3.05, 3.63) is 81.8 Å². The van der Waals surface area contributed by atoms with Gasteiger partial charge in [-0.15, -0.1) is 0 Å². The van der Waals surface area contributed by atoms with Gasteiger partial charge in [0.1, 0.15) is 5.75 Å². The highest BCUT2D eigenvalue weighted by molar-refractivity contribution is 6.33. The number of carbonyl (C=O) groups is 2. The lowest BCUT2D eigenvalue weighted by Gasteiger charge is -2.30. The maximum atomic E-state index is 13.3. The van der Waals surface area contributed by atoms with Crippen LogP contribution in [-0.4, -0.2) is 65.1 Å². The van der Waals surface area contributed by atoms with Gasteiger partial charge in [0.15, 0.2) is 11.9 Å². The summed E-state index contributed by atoms with van der Waals surface area (Å²) in [5, 5.41) is 5.92. The summed E-state index contributed by atoms with van der Waals surface area (Å²) in [5.74, 6) is 0.491. The zero-order chi connectivity index (χ0) is 28.9. The smallest absolute Gasteiger partial charge is 0.257 e. The summed E-state index contributed by atoms with van der Waals surface area (Å²) in [6.07, 6.45) is 5.46. The summed E-state index contributed by atoms with van der Waals surface area (Å²) in [7, 11) is 0. The van der Waals surface area contributed by atoms with Gasteiger partial charge in [-0.05, 0) is 81.0 Å². The maximum absolute atomic E-state index is 13.3. The minimum absolute atomic E-state index is 0.250. The Morgan fingerprint density at radius 3 is 2.63 bits per heavy atom. The van der Waals surface area contributed by atoms with Crippen LogP contribution in [-0.2, 0) is 0 Å². The Kier molecular flexibility index (Phi) is 8.95. The van der Waals surface area contributed by atoms with Crippen LogP contribution < -0.4 is 15.4 Å². The summed E-state index contributed by atoms with van der Waals surface area (Å²) in [6, 6.07) is 10.8. The van der Waals surface area contributed by atoms with Crippen molar-refractivity contribution in [1.82, 2.24) is 20.2 Å². The van der Waals surface area contributed by atoms with Gasteiger partial charge in [0.25, 0.3) is 11.8 Å². The third-order valence-corrected chi connectivity index (χ3v) is 7.58. The molecule has 3 aromatic rings. The van der Waals surface area contributed by atoms with Crippen molar-refractivity contribution in [1.29, 1.82) is 0 Å². The molecular weight excluding hydrogens is 540 g/mol. The number of hydrogen-bond acceptors (Lipinski definition) is 7. The maximum Gasteiger partial charge on any atom is 0.257 e. The molecule has 0 bridgehead atoms. The number of aliphatic imine (C=N–C) groups is 1. The zero-order valence-electron chi connectivity index (χ0n) is 23.6. The molecule has 2 aliphatic rings. The number of benzene rings is 1. The second-order valence-electron chi connectivity index (χ2n) is 10.6. The predicted octanol–water partition coefficient (Wildman–Crippen LogP) is 5.21. The highest BCUT2D eigenvalue weighted by atomic mass is 35.5. The normalized spacial score (nSPS) is 16.0. The first-order valence-corrected chi connectivity index (χ1v) is 14.4. The van der Waals surface area contributed by atoms with Crippen LogP contribution >= 0.6 is 11.6 Å². The molecule has 2 N–H and O–H groups in total. The molecule has 0 radical (unpaired) electrons. The highest BCUT2D eigenvalue weighted by Gasteiger charge is 2.27. The first kappa shape index (κ1) is 28.7. The first-order chi connectivity index (χ1) is 19.8. The van der Waals surface area contributed by atoms with E-state index in [1.54, 1.807) is 30.5 Å². The van der Waals surface area contributed by atoms with Crippen molar-refractivity contribution >= 4 is 34.9 Å². The van der Waals surface area contributed by atoms with Crippen molar-refractivity contribution < 1.29 is 14.3 Å². The summed E-state index contributed by atoms with van der Waals surface area (Å²) < 4.78 is 6.64. The Balaban J connectivity index is 1.47. The number of hydrogen-bond donors (Lipinski definition) is 2. The van der Waals surface area contributed by atoms with Gasteiger partial charge in [-0.2, -0.15) is 0 Å². The van der Waals surface area contributed by atoms with Gasteiger partial charge >= 0.3 is 0 Å². The summed E-state index contributed by atoms with van der Waals surface area (Å²) >= 11 is 6.20. The molecule has 214 valence electrons. The van der Waals surface area contributed by atoms with Gasteiger partial charge in [0, 0.05) is 49.8 Å². The molecule has 5 rings (SSSR count). The molecule has 1 saturated carbocycles. The monoisotopic (exact) mass is 574 g/mol. The molecule has 1 fully saturated rings. The third-order valence-electron chi connectivity index (χ3n) is 7.28. The van der Waals surface area contributed by atoms with Crippen molar-refractivity contribution in [3.8, 4) is 5.75 Å². The lowest BCUT2D eigenvalue weighted by atomic mass is 10.0. The van der Waals surface area contributed by atoms with Crippen LogP contribution in [0.2, 0.25) is 5.02 Å². The molecule has 1 aromatic carbocycles. The molecule has 0 unspecified atom stereocenters. The van der Waals surface area contributed by atoms with Gasteiger partial charge in [-0.3, -0.25) is 24.5 Å². The van der Waals surface area contributed by atoms with Crippen LogP contribution in [0.1, 0.15) is 76.2 Å². The van der Waals surface area contributed by atoms with E-state index < -0.39 is 12.0 Å². The molecule has 9 nitrogen and oxygen atoms in total. The number of ether oxygens (including phenoxy) is 1. The number of pyridine rings is 2. The van der Waals surface area contributed by atoms with E-state index in [-0.39, 0.29) is 17.3 Å². The zero-order valence-corrected chi connectivity index (χ0v) is 24.4. The second kappa shape index (κ2) is 12.8. The summed E-state index contributed by atoms with van der Waals surface area (Å²) in [6.45, 7) is 8.99. The molecule has 3 heterocycles. The van der Waals surface area contributed by atoms with Crippen LogP contribution in [0, 0.1) is 6.92 Å². The molecule has 0 saturated heterocycles. The number of rotatable bonds is 10. The lowest BCUT2D eigenvalue weighted by Crippen LogP contribution is -2.39. The molecular formula is C31H35ClN6O3. The molecule has 10 heteroatoms. The van der Waals surface area contributed by atoms with E-state index in [0.717, 1.165) is 31.0 Å². The Bertz CT molecular complexity index is 1450. The number of nitrogens with one attached hydrogen (secondary N) is 2. The van der Waals surface area contributed by atoms with E-state index in [9.17, 15) is 9.59 Å². The van der Waals surface area contributed by atoms with Crippen molar-refractivity contribution in [2.24, 2.45) is 4.99 Å². The van der Waals surface area contributed by atoms with E-state index in [1.165, 1.54) is 18.4 Å². The minimum Gasteiger partial charge on any atom is -0.482 e. The molecule has 41 heavy (non-hydrogen) atoms. The Hall–Kier alpha value is -3.82. The molecule has 1 aliphatic heterocycles. The van der Waals surface area contributed by atoms with E-state index in [4.69, 9.17) is 21.3 Å². The number of amides is 2. The Labute approximate surface area is 245 Å². The van der Waals surface area contributed by atoms with Crippen LogP contribution in [0.15, 0.2) is 53.8 Å². The molecule has 1 atom stereocenters. The average molecular weight is 575 g/mol. The van der Waals surface area contributed by atoms with Crippen molar-refractivity contribution in [2.45, 2.75) is 45.6 Å². The van der Waals surface area contributed by atoms with Gasteiger partial charge in [0.05, 0.1) is 22.8 Å². The molecule has 0 spiro atoms. The van der Waals surface area contributed by atoms with Crippen LogP contribution in [0.3, 0.4) is 0 Å². The van der Waals surface area contributed by atoms with Gasteiger partial charge in [-0.1, -0.05) is 17.7 Å². The number of nitrogens with zero attached hydrogens (tertiary/aromatic N) is 4. The largest absolute Gasteiger partial charge is 0.482 e. The van der Waals surface area contributed by atoms with Crippen LogP contribution in [0.4, 0.5) is 5.82 Å². The topological polar surface area (TPSA) is 109 Å². The fourth-order valence-corrected chi connectivity index (χ4v) is 5.11. The Morgan fingerprint density at radius 2 is 1.95 bits per heavy atom. The minimum atomic E-state index is -0.436. The SMILES string of the molecule is CCNC(=O)c1cc(C(=O)Nc2ncccc2Cl)c(C)cc1O[C@H](CN1CCN=C(C)C1)c1ccc(C2CC2)cn1. The number of anilines is 1. The predicted molar refractivity (Wildman–Crippen MR) is 160 cm³/mol. The van der Waals surface area contributed by atoms with Gasteiger partial charge in [-0.25, -0.2) is 4.98 Å². The molecule has 2 amide bonds. The summed E-state index contributed by atoms with van der Waals surface area (Å²) in [4.78, 5) is 42.2. The van der Waals surface area contributed by atoms with Gasteiger partial charge in [0.2, 0.25) is 0 Å². The van der Waals surface area contributed by atoms with Crippen molar-refractivity contribution in [2.75, 3.05) is 38.0 Å². The number of aryl methyl sites for hydroxylation is 1. The number of aromatic nitrogens is 2. The van der Waals surface area contributed by atoms with E-state index in [1.807, 2.05) is 33.0 Å². The molecule has 1 aliphatic carbocycles. The standard InChI is InChI=1S/C31H35ClN6O3/c1-4-33-30(39)24-15-23(31(40)37-29-25(32)6-5-11-35-29)19(2)14-27(24)41-28(18-38-13-12-34-20(3)17-38)26-10-9-22(16-36-26)21-7-8-21/h5-6,9-11,14-16,21,28H,4,7-8,12-13,17-18H2,1-3H3,(H,33,39)(H,35,37,40)/t28-/m1/s1. The first-order valence-electron chi connectivity index (χ1n) is 14.0. The van der Waals surface area contributed by atoms with E-state index in [2.05, 4.69) is 31.6 Å². The fourth-order valence-electron chi connectivity index (χ4n) is 4.94. The van der Waals surface area contributed by atoms with Crippen LogP contribution in [0.5, 0.6) is 5.75 Å². The molecule has 2 aromatic heterocycles. The second-order valence-corrected chi connectivity index (χ2v) is 11.0. The lowest BCUT2D eigenvalue weighted by molar-refractivity contribution is 0.0941. The van der Waals surface area contributed by atoms with Crippen molar-refractivity contribution in [3.63, 3.8) is 0 Å². The number of halogens is 1. The van der Waals surface area contributed by atoms with Crippen LogP contribution in [0.25, 0.3) is 0 Å². The quantitative estimate of drug-likeness (QED) is 0.344. The van der Waals surface area contributed by atoms with E-state index >= 15 is 0 Å². The Morgan fingerprint density at radius 1 is 1.12 bits per heavy atom. The average Bonchev–Trinajstić information content (AvgIpc) is 3.80. The fraction of sp³-hybridized carbons (Fsp3) is 0.387. The van der Waals surface area contributed by atoms with E-state index in [0.29, 0.717) is 40.9 Å². The third kappa shape index (κ3) is 7.10. The summed E-state index contributed by atoms with van der Waals surface area (Å²) in [5.41, 5.74) is 4.36. The highest BCUT2D eigenvalue weighted by Crippen LogP contribution is 2.40.